The van der Waals surface area contributed by atoms with Gasteiger partial charge in [-0.15, -0.1) is 15.3 Å². The summed E-state index contributed by atoms with van der Waals surface area (Å²) in [6.45, 7) is 4.06. The number of fused-ring (bicyclic) bond motifs is 1. The van der Waals surface area contributed by atoms with Crippen molar-refractivity contribution in [2.45, 2.75) is 24.2 Å². The maximum atomic E-state index is 11.6. The molecule has 0 aliphatic rings. The molecule has 9 heteroatoms. The topological polar surface area (TPSA) is 89.4 Å². The first-order valence-electron chi connectivity index (χ1n) is 6.20. The third-order valence-electron chi connectivity index (χ3n) is 2.83. The standard InChI is InChI=1S/C11H18N6OS2/c1-6(2)8(12)9-13-14-10-17(9)15-11(20-10)19-5-7(18)16(3)4/h6,8H,5,12H2,1-4H3. The van der Waals surface area contributed by atoms with Gasteiger partial charge in [-0.25, -0.2) is 0 Å². The van der Waals surface area contributed by atoms with E-state index in [0.29, 0.717) is 16.5 Å². The molecule has 0 radical (unpaired) electrons. The molecule has 2 N–H and O–H groups in total. The molecular weight excluding hydrogens is 296 g/mol. The van der Waals surface area contributed by atoms with Crippen LogP contribution < -0.4 is 5.73 Å². The predicted octanol–water partition coefficient (Wildman–Crippen LogP) is 1.02. The number of amides is 1. The van der Waals surface area contributed by atoms with E-state index in [0.717, 1.165) is 4.34 Å². The van der Waals surface area contributed by atoms with E-state index in [2.05, 4.69) is 15.3 Å². The third kappa shape index (κ3) is 3.10. The van der Waals surface area contributed by atoms with Gasteiger partial charge < -0.3 is 10.6 Å². The van der Waals surface area contributed by atoms with Crippen LogP contribution in [0.15, 0.2) is 4.34 Å². The number of thioether (sulfide) groups is 1. The van der Waals surface area contributed by atoms with Gasteiger partial charge >= 0.3 is 0 Å². The number of hydrogen-bond donors (Lipinski definition) is 1. The van der Waals surface area contributed by atoms with Gasteiger partial charge in [-0.3, -0.25) is 4.79 Å². The largest absolute Gasteiger partial charge is 0.348 e. The third-order valence-corrected chi connectivity index (χ3v) is 4.85. The number of hydrogen-bond acceptors (Lipinski definition) is 7. The molecule has 0 spiro atoms. The first-order valence-corrected chi connectivity index (χ1v) is 8.01. The summed E-state index contributed by atoms with van der Waals surface area (Å²) in [5.74, 6) is 1.34. The first-order chi connectivity index (χ1) is 9.40. The maximum Gasteiger partial charge on any atom is 0.235 e. The first kappa shape index (κ1) is 15.2. The van der Waals surface area contributed by atoms with E-state index >= 15 is 0 Å². The molecule has 1 atom stereocenters. The lowest BCUT2D eigenvalue weighted by Crippen LogP contribution is -2.23. The summed E-state index contributed by atoms with van der Waals surface area (Å²) in [5, 5.41) is 12.6. The summed E-state index contributed by atoms with van der Waals surface area (Å²) in [7, 11) is 3.47. The van der Waals surface area contributed by atoms with Crippen LogP contribution in [0.3, 0.4) is 0 Å². The molecule has 110 valence electrons. The van der Waals surface area contributed by atoms with Crippen molar-refractivity contribution in [3.8, 4) is 0 Å². The molecule has 0 saturated heterocycles. The number of nitrogens with zero attached hydrogens (tertiary/aromatic N) is 5. The number of carbonyl (C=O) groups is 1. The monoisotopic (exact) mass is 314 g/mol. The summed E-state index contributed by atoms with van der Waals surface area (Å²) in [5.41, 5.74) is 6.09. The Hall–Kier alpha value is -1.19. The lowest BCUT2D eigenvalue weighted by atomic mass is 10.1. The van der Waals surface area contributed by atoms with E-state index in [-0.39, 0.29) is 17.9 Å². The highest BCUT2D eigenvalue weighted by Gasteiger charge is 2.20. The van der Waals surface area contributed by atoms with Crippen LogP contribution in [0.5, 0.6) is 0 Å². The second-order valence-corrected chi connectivity index (χ2v) is 7.15. The van der Waals surface area contributed by atoms with Gasteiger partial charge in [0.05, 0.1) is 11.8 Å². The van der Waals surface area contributed by atoms with Crippen LogP contribution >= 0.6 is 23.1 Å². The predicted molar refractivity (Wildman–Crippen MR) is 79.8 cm³/mol. The highest BCUT2D eigenvalue weighted by molar-refractivity contribution is 8.01. The molecule has 20 heavy (non-hydrogen) atoms. The fraction of sp³-hybridized carbons (Fsp3) is 0.636. The second kappa shape index (κ2) is 6.06. The lowest BCUT2D eigenvalue weighted by Gasteiger charge is -2.11. The molecule has 7 nitrogen and oxygen atoms in total. The zero-order chi connectivity index (χ0) is 14.9. The summed E-state index contributed by atoms with van der Waals surface area (Å²) in [6.07, 6.45) is 0. The Kier molecular flexibility index (Phi) is 4.61. The average molecular weight is 314 g/mol. The fourth-order valence-corrected chi connectivity index (χ4v) is 3.29. The van der Waals surface area contributed by atoms with E-state index < -0.39 is 0 Å². The Balaban J connectivity index is 2.16. The highest BCUT2D eigenvalue weighted by atomic mass is 32.2. The van der Waals surface area contributed by atoms with Gasteiger partial charge in [0.25, 0.3) is 0 Å². The normalized spacial score (nSPS) is 13.1. The van der Waals surface area contributed by atoms with Crippen molar-refractivity contribution < 1.29 is 4.79 Å². The minimum atomic E-state index is -0.201. The van der Waals surface area contributed by atoms with Crippen LogP contribution in [0.1, 0.15) is 25.7 Å². The molecule has 2 aromatic heterocycles. The smallest absolute Gasteiger partial charge is 0.235 e. The number of nitrogens with two attached hydrogens (primary N) is 1. The molecule has 0 aliphatic carbocycles. The van der Waals surface area contributed by atoms with Crippen molar-refractivity contribution in [1.82, 2.24) is 24.7 Å². The van der Waals surface area contributed by atoms with Gasteiger partial charge in [0.2, 0.25) is 10.9 Å². The van der Waals surface area contributed by atoms with E-state index in [1.54, 1.807) is 23.5 Å². The van der Waals surface area contributed by atoms with Crippen LogP contribution in [0.25, 0.3) is 4.96 Å². The van der Waals surface area contributed by atoms with Crippen LogP contribution in [0, 0.1) is 5.92 Å². The molecule has 0 bridgehead atoms. The van der Waals surface area contributed by atoms with Gasteiger partial charge in [0.15, 0.2) is 10.2 Å². The van der Waals surface area contributed by atoms with Crippen molar-refractivity contribution >= 4 is 34.0 Å². The molecule has 0 aliphatic heterocycles. The number of carbonyl (C=O) groups excluding carboxylic acids is 1. The van der Waals surface area contributed by atoms with Crippen molar-refractivity contribution in [2.75, 3.05) is 19.8 Å². The zero-order valence-electron chi connectivity index (χ0n) is 11.9. The van der Waals surface area contributed by atoms with Gasteiger partial charge in [-0.05, 0) is 5.92 Å². The van der Waals surface area contributed by atoms with Crippen LogP contribution in [-0.4, -0.2) is 50.5 Å². The summed E-state index contributed by atoms with van der Waals surface area (Å²) in [6, 6.07) is -0.201. The Labute approximate surface area is 125 Å². The van der Waals surface area contributed by atoms with Crippen molar-refractivity contribution in [3.63, 3.8) is 0 Å². The van der Waals surface area contributed by atoms with E-state index in [1.165, 1.54) is 23.1 Å². The molecule has 2 rings (SSSR count). The SMILES string of the molecule is CC(C)C(N)c1nnc2sc(SCC(=O)N(C)C)nn12. The number of aromatic nitrogens is 4. The molecule has 1 amide bonds. The lowest BCUT2D eigenvalue weighted by molar-refractivity contribution is -0.125. The van der Waals surface area contributed by atoms with E-state index in [1.807, 2.05) is 13.8 Å². The van der Waals surface area contributed by atoms with Crippen LogP contribution in [-0.2, 0) is 4.79 Å². The van der Waals surface area contributed by atoms with E-state index in [4.69, 9.17) is 5.73 Å². The van der Waals surface area contributed by atoms with Crippen molar-refractivity contribution in [1.29, 1.82) is 0 Å². The molecule has 1 unspecified atom stereocenters. The minimum absolute atomic E-state index is 0.0556. The maximum absolute atomic E-state index is 11.6. The second-order valence-electron chi connectivity index (χ2n) is 4.97. The molecule has 0 fully saturated rings. The highest BCUT2D eigenvalue weighted by Crippen LogP contribution is 2.26. The molecule has 2 heterocycles. The van der Waals surface area contributed by atoms with Gasteiger partial charge in [0.1, 0.15) is 0 Å². The quantitative estimate of drug-likeness (QED) is 0.829. The minimum Gasteiger partial charge on any atom is -0.348 e. The fourth-order valence-electron chi connectivity index (χ4n) is 1.43. The molecular formula is C11H18N6OS2. The molecule has 0 saturated carbocycles. The van der Waals surface area contributed by atoms with Gasteiger partial charge in [-0.1, -0.05) is 36.9 Å². The van der Waals surface area contributed by atoms with Crippen LogP contribution in [0.4, 0.5) is 0 Å². The Morgan fingerprint density at radius 2 is 2.15 bits per heavy atom. The van der Waals surface area contributed by atoms with Crippen molar-refractivity contribution in [2.24, 2.45) is 11.7 Å². The molecule has 0 aromatic carbocycles. The van der Waals surface area contributed by atoms with Crippen LogP contribution in [0.2, 0.25) is 0 Å². The Morgan fingerprint density at radius 3 is 2.75 bits per heavy atom. The number of rotatable bonds is 5. The Bertz CT molecular complexity index is 605. The average Bonchev–Trinajstić information content (AvgIpc) is 2.94. The van der Waals surface area contributed by atoms with E-state index in [9.17, 15) is 4.79 Å². The van der Waals surface area contributed by atoms with Crippen molar-refractivity contribution in [3.05, 3.63) is 5.82 Å². The Morgan fingerprint density at radius 1 is 1.45 bits per heavy atom. The summed E-state index contributed by atoms with van der Waals surface area (Å²) in [4.78, 5) is 13.8. The summed E-state index contributed by atoms with van der Waals surface area (Å²) >= 11 is 2.82. The summed E-state index contributed by atoms with van der Waals surface area (Å²) < 4.78 is 2.47. The van der Waals surface area contributed by atoms with Gasteiger partial charge in [0, 0.05) is 14.1 Å². The zero-order valence-corrected chi connectivity index (χ0v) is 13.5. The molecule has 2 aromatic rings. The van der Waals surface area contributed by atoms with Gasteiger partial charge in [-0.2, -0.15) is 4.52 Å².